The monoisotopic (exact) mass is 381 g/mol. The zero-order valence-electron chi connectivity index (χ0n) is 15.8. The van der Waals surface area contributed by atoms with Crippen molar-refractivity contribution in [3.05, 3.63) is 77.2 Å². The second-order valence-electron chi connectivity index (χ2n) is 6.85. The number of alkyl halides is 1. The third-order valence-corrected chi connectivity index (χ3v) is 5.32. The van der Waals surface area contributed by atoms with Crippen molar-refractivity contribution < 1.29 is 13.6 Å². The van der Waals surface area contributed by atoms with Gasteiger partial charge in [-0.1, -0.05) is 30.3 Å². The summed E-state index contributed by atoms with van der Waals surface area (Å²) < 4.78 is 33.7. The van der Waals surface area contributed by atoms with Crippen LogP contribution in [0.3, 0.4) is 0 Å². The summed E-state index contributed by atoms with van der Waals surface area (Å²) in [6.07, 6.45) is 1.48. The number of rotatable bonds is 5. The van der Waals surface area contributed by atoms with Gasteiger partial charge in [0, 0.05) is 31.3 Å². The van der Waals surface area contributed by atoms with Gasteiger partial charge in [0.05, 0.1) is 16.8 Å². The van der Waals surface area contributed by atoms with Crippen LogP contribution in [0.15, 0.2) is 54.7 Å². The molecule has 0 radical (unpaired) electrons. The van der Waals surface area contributed by atoms with Gasteiger partial charge in [-0.25, -0.2) is 8.78 Å². The van der Waals surface area contributed by atoms with Crippen LogP contribution in [0.5, 0.6) is 0 Å². The Labute approximate surface area is 162 Å². The minimum absolute atomic E-state index is 0.0871. The number of amides is 1. The van der Waals surface area contributed by atoms with E-state index >= 15 is 8.78 Å². The lowest BCUT2D eigenvalue weighted by Crippen LogP contribution is -2.42. The largest absolute Gasteiger partial charge is 0.302 e. The van der Waals surface area contributed by atoms with Crippen molar-refractivity contribution in [2.45, 2.75) is 32.6 Å². The Morgan fingerprint density at radius 1 is 1.00 bits per heavy atom. The van der Waals surface area contributed by atoms with E-state index in [1.54, 1.807) is 48.1 Å². The number of hydrogen-bond acceptors (Lipinski definition) is 2. The van der Waals surface area contributed by atoms with Crippen molar-refractivity contribution in [2.24, 2.45) is 0 Å². The maximum Gasteiger partial charge on any atom is 0.257 e. The first-order valence-electron chi connectivity index (χ1n) is 9.41. The van der Waals surface area contributed by atoms with Gasteiger partial charge in [0.15, 0.2) is 0 Å². The Kier molecular flexibility index (Phi) is 4.49. The molecule has 1 amide bonds. The third kappa shape index (κ3) is 2.63. The summed E-state index contributed by atoms with van der Waals surface area (Å²) in [5, 5.41) is 4.17. The van der Waals surface area contributed by atoms with E-state index in [0.717, 1.165) is 4.90 Å². The molecule has 0 bridgehead atoms. The van der Waals surface area contributed by atoms with Gasteiger partial charge < -0.3 is 4.90 Å². The van der Waals surface area contributed by atoms with E-state index in [0.29, 0.717) is 17.8 Å². The molecule has 1 atom stereocenters. The normalized spacial score (nSPS) is 18.6. The highest BCUT2D eigenvalue weighted by molar-refractivity contribution is 6.00. The molecule has 0 fully saturated rings. The number of aromatic nitrogens is 2. The number of fused-ring (bicyclic) bond motifs is 1. The second-order valence-corrected chi connectivity index (χ2v) is 6.85. The fourth-order valence-corrected chi connectivity index (χ4v) is 4.03. The van der Waals surface area contributed by atoms with Gasteiger partial charge in [0.1, 0.15) is 5.82 Å². The molecule has 0 N–H and O–H groups in total. The molecular weight excluding hydrogens is 360 g/mol. The Balaban J connectivity index is 1.91. The lowest BCUT2D eigenvalue weighted by molar-refractivity contribution is -0.0108. The molecule has 1 unspecified atom stereocenters. The molecule has 144 valence electrons. The first-order chi connectivity index (χ1) is 13.5. The summed E-state index contributed by atoms with van der Waals surface area (Å²) in [7, 11) is 0. The molecule has 2 aromatic carbocycles. The van der Waals surface area contributed by atoms with Gasteiger partial charge in [-0.2, -0.15) is 5.10 Å². The van der Waals surface area contributed by atoms with E-state index < -0.39 is 17.5 Å². The van der Waals surface area contributed by atoms with Crippen LogP contribution in [0.4, 0.5) is 8.78 Å². The second kappa shape index (κ2) is 6.86. The Morgan fingerprint density at radius 2 is 1.71 bits per heavy atom. The molecule has 4 rings (SSSR count). The molecule has 6 heteroatoms. The SMILES string of the molecule is CCN1C(=O)c2ccc(-c3ccnn3CC)c(F)c2C1(F)Cc1ccccc1. The van der Waals surface area contributed by atoms with Crippen LogP contribution >= 0.6 is 0 Å². The minimum atomic E-state index is -2.24. The first kappa shape index (κ1) is 18.3. The number of aryl methyl sites for hydroxylation is 1. The molecule has 3 aromatic rings. The fourth-order valence-electron chi connectivity index (χ4n) is 4.03. The predicted octanol–water partition coefficient (Wildman–Crippen LogP) is 4.55. The van der Waals surface area contributed by atoms with E-state index in [1.807, 2.05) is 13.0 Å². The van der Waals surface area contributed by atoms with Crippen molar-refractivity contribution in [1.29, 1.82) is 0 Å². The molecule has 1 aromatic heterocycles. The van der Waals surface area contributed by atoms with Gasteiger partial charge in [-0.3, -0.25) is 9.48 Å². The molecule has 0 aliphatic carbocycles. The maximum absolute atomic E-state index is 16.4. The lowest BCUT2D eigenvalue weighted by Gasteiger charge is -2.31. The molecule has 1 aliphatic heterocycles. The van der Waals surface area contributed by atoms with Gasteiger partial charge in [0.25, 0.3) is 5.91 Å². The number of hydrogen-bond donors (Lipinski definition) is 0. The molecular formula is C22H21F2N3O. The highest BCUT2D eigenvalue weighted by Gasteiger charge is 2.52. The Bertz CT molecular complexity index is 1030. The molecule has 0 spiro atoms. The first-order valence-corrected chi connectivity index (χ1v) is 9.41. The van der Waals surface area contributed by atoms with Crippen molar-refractivity contribution in [2.75, 3.05) is 6.54 Å². The van der Waals surface area contributed by atoms with Crippen molar-refractivity contribution in [1.82, 2.24) is 14.7 Å². The van der Waals surface area contributed by atoms with Crippen LogP contribution in [-0.4, -0.2) is 27.1 Å². The Hall–Kier alpha value is -3.02. The molecule has 0 saturated heterocycles. The highest BCUT2D eigenvalue weighted by Crippen LogP contribution is 2.46. The average Bonchev–Trinajstić information content (AvgIpc) is 3.24. The van der Waals surface area contributed by atoms with E-state index in [9.17, 15) is 4.79 Å². The van der Waals surface area contributed by atoms with Crippen LogP contribution < -0.4 is 0 Å². The minimum Gasteiger partial charge on any atom is -0.302 e. The van der Waals surface area contributed by atoms with E-state index in [1.165, 1.54) is 12.1 Å². The van der Waals surface area contributed by atoms with E-state index in [2.05, 4.69) is 5.10 Å². The smallest absolute Gasteiger partial charge is 0.257 e. The summed E-state index contributed by atoms with van der Waals surface area (Å²) in [5.74, 6) is -3.42. The average molecular weight is 381 g/mol. The summed E-state index contributed by atoms with van der Waals surface area (Å²) in [6, 6.07) is 13.8. The van der Waals surface area contributed by atoms with Gasteiger partial charge in [-0.05, 0) is 37.6 Å². The van der Waals surface area contributed by atoms with Crippen LogP contribution in [0, 0.1) is 5.82 Å². The summed E-state index contributed by atoms with van der Waals surface area (Å²) in [5.41, 5.74) is 1.42. The van der Waals surface area contributed by atoms with Gasteiger partial charge in [0.2, 0.25) is 5.79 Å². The highest BCUT2D eigenvalue weighted by atomic mass is 19.2. The molecule has 28 heavy (non-hydrogen) atoms. The zero-order valence-corrected chi connectivity index (χ0v) is 15.8. The Morgan fingerprint density at radius 3 is 2.39 bits per heavy atom. The topological polar surface area (TPSA) is 38.1 Å². The molecule has 1 aliphatic rings. The summed E-state index contributed by atoms with van der Waals surface area (Å²) in [4.78, 5) is 13.9. The number of benzene rings is 2. The number of carbonyl (C=O) groups excluding carboxylic acids is 1. The molecule has 0 saturated carbocycles. The number of nitrogens with zero attached hydrogens (tertiary/aromatic N) is 3. The summed E-state index contributed by atoms with van der Waals surface area (Å²) >= 11 is 0. The fraction of sp³-hybridized carbons (Fsp3) is 0.273. The van der Waals surface area contributed by atoms with Crippen LogP contribution in [0.1, 0.15) is 35.3 Å². The molecule has 2 heterocycles. The van der Waals surface area contributed by atoms with Crippen LogP contribution in [-0.2, 0) is 18.8 Å². The predicted molar refractivity (Wildman–Crippen MR) is 103 cm³/mol. The van der Waals surface area contributed by atoms with Crippen LogP contribution in [0.25, 0.3) is 11.3 Å². The van der Waals surface area contributed by atoms with E-state index in [4.69, 9.17) is 0 Å². The number of halogens is 2. The number of likely N-dealkylation sites (N-methyl/N-ethyl adjacent to an activating group) is 1. The van der Waals surface area contributed by atoms with Crippen molar-refractivity contribution in [3.63, 3.8) is 0 Å². The third-order valence-electron chi connectivity index (χ3n) is 5.32. The zero-order chi connectivity index (χ0) is 19.9. The van der Waals surface area contributed by atoms with Crippen LogP contribution in [0.2, 0.25) is 0 Å². The lowest BCUT2D eigenvalue weighted by atomic mass is 9.92. The standard InChI is InChI=1S/C22H21F2N3O/c1-3-26-21(28)17-11-10-16(18-12-13-25-27(18)4-2)20(23)19(17)22(26,24)14-15-8-6-5-7-9-15/h5-13H,3-4,14H2,1-2H3. The van der Waals surface area contributed by atoms with E-state index in [-0.39, 0.29) is 29.7 Å². The van der Waals surface area contributed by atoms with Crippen molar-refractivity contribution in [3.8, 4) is 11.3 Å². The maximum atomic E-state index is 16.4. The number of carbonyl (C=O) groups is 1. The van der Waals surface area contributed by atoms with Crippen molar-refractivity contribution >= 4 is 5.91 Å². The van der Waals surface area contributed by atoms with Gasteiger partial charge >= 0.3 is 0 Å². The summed E-state index contributed by atoms with van der Waals surface area (Å²) in [6.45, 7) is 4.31. The van der Waals surface area contributed by atoms with Gasteiger partial charge in [-0.15, -0.1) is 0 Å². The quantitative estimate of drug-likeness (QED) is 0.608. The molecule has 4 nitrogen and oxygen atoms in total.